The van der Waals surface area contributed by atoms with Crippen LogP contribution in [0.25, 0.3) is 16.8 Å². The molecular weight excluding hydrogens is 627 g/mol. The SMILES string of the molecule is COc1ncc(-c2cnc(N(C(=O)NCc3ccccc3)C3CCC(Nc4ncc(C(F)(F)F)c(C5=CCOCC5)n4)CC3)cn2)cn1. The molecular formula is C33H34F3N9O3. The van der Waals surface area contributed by atoms with E-state index in [1.807, 2.05) is 30.3 Å². The normalized spacial score (nSPS) is 18.0. The van der Waals surface area contributed by atoms with Gasteiger partial charge in [0.2, 0.25) is 5.95 Å². The Bertz CT molecular complexity index is 1710. The minimum Gasteiger partial charge on any atom is -0.467 e. The van der Waals surface area contributed by atoms with Crippen LogP contribution in [0.2, 0.25) is 0 Å². The van der Waals surface area contributed by atoms with E-state index in [0.717, 1.165) is 11.8 Å². The second kappa shape index (κ2) is 14.7. The topological polar surface area (TPSA) is 140 Å². The van der Waals surface area contributed by atoms with E-state index in [2.05, 4.69) is 40.5 Å². The average molecular weight is 662 g/mol. The number of nitrogens with zero attached hydrogens (tertiary/aromatic N) is 7. The summed E-state index contributed by atoms with van der Waals surface area (Å²) in [6, 6.07) is 9.19. The van der Waals surface area contributed by atoms with Gasteiger partial charge in [0, 0.05) is 42.8 Å². The summed E-state index contributed by atoms with van der Waals surface area (Å²) in [4.78, 5) is 41.0. The molecule has 0 bridgehead atoms. The van der Waals surface area contributed by atoms with Crippen LogP contribution < -0.4 is 20.3 Å². The van der Waals surface area contributed by atoms with Crippen LogP contribution >= 0.6 is 0 Å². The van der Waals surface area contributed by atoms with Gasteiger partial charge >= 0.3 is 18.2 Å². The van der Waals surface area contributed by atoms with Crippen molar-refractivity contribution in [1.82, 2.24) is 35.2 Å². The summed E-state index contributed by atoms with van der Waals surface area (Å²) < 4.78 is 51.7. The fraction of sp³-hybridized carbons (Fsp3) is 0.364. The monoisotopic (exact) mass is 661 g/mol. The number of hydrogen-bond donors (Lipinski definition) is 2. The van der Waals surface area contributed by atoms with Gasteiger partial charge in [-0.05, 0) is 43.2 Å². The van der Waals surface area contributed by atoms with Crippen LogP contribution in [0, 0.1) is 0 Å². The summed E-state index contributed by atoms with van der Waals surface area (Å²) in [5, 5.41) is 6.24. The Morgan fingerprint density at radius 1 is 0.979 bits per heavy atom. The number of benzene rings is 1. The molecule has 6 rings (SSSR count). The molecule has 2 amide bonds. The first-order valence-electron chi connectivity index (χ1n) is 15.6. The number of aromatic nitrogens is 6. The molecule has 15 heteroatoms. The third kappa shape index (κ3) is 7.85. The van der Waals surface area contributed by atoms with E-state index in [-0.39, 0.29) is 42.4 Å². The highest BCUT2D eigenvalue weighted by Crippen LogP contribution is 2.36. The van der Waals surface area contributed by atoms with E-state index in [1.54, 1.807) is 35.8 Å². The largest absolute Gasteiger partial charge is 0.467 e. The lowest BCUT2D eigenvalue weighted by molar-refractivity contribution is -0.138. The summed E-state index contributed by atoms with van der Waals surface area (Å²) in [7, 11) is 1.48. The molecule has 2 aliphatic rings. The van der Waals surface area contributed by atoms with E-state index in [9.17, 15) is 18.0 Å². The summed E-state index contributed by atoms with van der Waals surface area (Å²) in [5.74, 6) is 0.519. The van der Waals surface area contributed by atoms with E-state index in [4.69, 9.17) is 9.47 Å². The summed E-state index contributed by atoms with van der Waals surface area (Å²) in [5.41, 5.74) is 1.63. The second-order valence-electron chi connectivity index (χ2n) is 11.4. The lowest BCUT2D eigenvalue weighted by Gasteiger charge is -2.36. The summed E-state index contributed by atoms with van der Waals surface area (Å²) in [6.07, 6.45) is 6.95. The van der Waals surface area contributed by atoms with Crippen molar-refractivity contribution in [3.8, 4) is 17.3 Å². The van der Waals surface area contributed by atoms with Crippen LogP contribution in [-0.2, 0) is 17.5 Å². The number of methoxy groups -OCH3 is 1. The van der Waals surface area contributed by atoms with Crippen LogP contribution in [0.15, 0.2) is 67.4 Å². The number of carbonyl (C=O) groups excluding carboxylic acids is 1. The number of halogens is 3. The number of urea groups is 1. The molecule has 0 saturated heterocycles. The van der Waals surface area contributed by atoms with Gasteiger partial charge in [-0.3, -0.25) is 9.88 Å². The van der Waals surface area contributed by atoms with Gasteiger partial charge in [0.25, 0.3) is 0 Å². The molecule has 1 fully saturated rings. The Morgan fingerprint density at radius 2 is 1.75 bits per heavy atom. The maximum atomic E-state index is 13.8. The van der Waals surface area contributed by atoms with Crippen molar-refractivity contribution in [2.75, 3.05) is 30.5 Å². The molecule has 48 heavy (non-hydrogen) atoms. The lowest BCUT2D eigenvalue weighted by atomic mass is 9.90. The van der Waals surface area contributed by atoms with Crippen LogP contribution in [0.3, 0.4) is 0 Å². The average Bonchev–Trinajstić information content (AvgIpc) is 3.12. The van der Waals surface area contributed by atoms with Gasteiger partial charge in [0.05, 0.1) is 49.7 Å². The standard InChI is InChI=1S/C33H34F3N9O3/c1-47-31-40-16-23(17-41-31)27-19-38-28(20-37-27)45(32(46)42-15-21-5-3-2-4-6-21)25-9-7-24(8-10-25)43-30-39-18-26(33(34,35)36)29(44-30)22-11-13-48-14-12-22/h2-6,11,16-20,24-25H,7-10,12-15H2,1H3,(H,42,46)(H,39,43,44). The highest BCUT2D eigenvalue weighted by Gasteiger charge is 2.37. The maximum absolute atomic E-state index is 13.8. The third-order valence-corrected chi connectivity index (χ3v) is 8.25. The van der Waals surface area contributed by atoms with Gasteiger partial charge in [0.15, 0.2) is 5.82 Å². The molecule has 0 unspecified atom stereocenters. The fourth-order valence-electron chi connectivity index (χ4n) is 5.77. The molecule has 4 aromatic rings. The molecule has 250 valence electrons. The molecule has 0 atom stereocenters. The molecule has 0 radical (unpaired) electrons. The number of nitrogens with one attached hydrogen (secondary N) is 2. The first kappa shape index (κ1) is 32.7. The predicted molar refractivity (Wildman–Crippen MR) is 171 cm³/mol. The molecule has 1 aromatic carbocycles. The number of rotatable bonds is 9. The van der Waals surface area contributed by atoms with Crippen molar-refractivity contribution >= 4 is 23.4 Å². The Hall–Kier alpha value is -5.18. The van der Waals surface area contributed by atoms with Crippen molar-refractivity contribution in [3.63, 3.8) is 0 Å². The van der Waals surface area contributed by atoms with Gasteiger partial charge < -0.3 is 20.1 Å². The zero-order chi connectivity index (χ0) is 33.5. The molecule has 1 aliphatic carbocycles. The minimum absolute atomic E-state index is 0.104. The van der Waals surface area contributed by atoms with E-state index in [1.165, 1.54) is 7.11 Å². The number of amides is 2. The van der Waals surface area contributed by atoms with E-state index < -0.39 is 11.7 Å². The molecule has 1 aliphatic heterocycles. The minimum atomic E-state index is -4.58. The Labute approximate surface area is 274 Å². The highest BCUT2D eigenvalue weighted by atomic mass is 19.4. The maximum Gasteiger partial charge on any atom is 0.419 e. The number of alkyl halides is 3. The molecule has 12 nitrogen and oxygen atoms in total. The van der Waals surface area contributed by atoms with Gasteiger partial charge in [-0.2, -0.15) is 13.2 Å². The zero-order valence-corrected chi connectivity index (χ0v) is 26.2. The van der Waals surface area contributed by atoms with Gasteiger partial charge in [-0.25, -0.2) is 29.7 Å². The number of ether oxygens (including phenoxy) is 2. The Morgan fingerprint density at radius 3 is 2.40 bits per heavy atom. The molecule has 1 saturated carbocycles. The van der Waals surface area contributed by atoms with Gasteiger partial charge in [-0.1, -0.05) is 36.4 Å². The smallest absolute Gasteiger partial charge is 0.419 e. The number of anilines is 2. The number of hydrogen-bond acceptors (Lipinski definition) is 10. The summed E-state index contributed by atoms with van der Waals surface area (Å²) >= 11 is 0. The van der Waals surface area contributed by atoms with Crippen molar-refractivity contribution in [3.05, 3.63) is 84.2 Å². The van der Waals surface area contributed by atoms with Crippen LogP contribution in [0.1, 0.15) is 48.9 Å². The highest BCUT2D eigenvalue weighted by molar-refractivity contribution is 5.91. The van der Waals surface area contributed by atoms with Crippen molar-refractivity contribution in [1.29, 1.82) is 0 Å². The second-order valence-corrected chi connectivity index (χ2v) is 11.4. The van der Waals surface area contributed by atoms with E-state index in [0.29, 0.717) is 67.9 Å². The predicted octanol–water partition coefficient (Wildman–Crippen LogP) is 5.69. The molecule has 0 spiro atoms. The molecule has 3 aromatic heterocycles. The van der Waals surface area contributed by atoms with Crippen LogP contribution in [0.5, 0.6) is 6.01 Å². The fourth-order valence-corrected chi connectivity index (χ4v) is 5.77. The Kier molecular flexibility index (Phi) is 10.0. The lowest BCUT2D eigenvalue weighted by Crippen LogP contribution is -2.49. The van der Waals surface area contributed by atoms with Crippen LogP contribution in [-0.4, -0.2) is 68.3 Å². The van der Waals surface area contributed by atoms with Gasteiger partial charge in [0.1, 0.15) is 0 Å². The quantitative estimate of drug-likeness (QED) is 0.230. The van der Waals surface area contributed by atoms with Crippen LogP contribution in [0.4, 0.5) is 29.7 Å². The first-order chi connectivity index (χ1) is 23.3. The van der Waals surface area contributed by atoms with Crippen molar-refractivity contribution in [2.24, 2.45) is 0 Å². The molecule has 2 N–H and O–H groups in total. The summed E-state index contributed by atoms with van der Waals surface area (Å²) in [6.45, 7) is 0.901. The molecule has 4 heterocycles. The van der Waals surface area contributed by atoms with Crippen molar-refractivity contribution in [2.45, 2.75) is 56.9 Å². The van der Waals surface area contributed by atoms with Gasteiger partial charge in [-0.15, -0.1) is 0 Å². The zero-order valence-electron chi connectivity index (χ0n) is 26.2. The first-order valence-corrected chi connectivity index (χ1v) is 15.6. The number of carbonyl (C=O) groups is 1. The third-order valence-electron chi connectivity index (χ3n) is 8.25. The van der Waals surface area contributed by atoms with E-state index >= 15 is 0 Å². The Balaban J connectivity index is 1.17. The van der Waals surface area contributed by atoms with Crippen molar-refractivity contribution < 1.29 is 27.4 Å².